The SMILES string of the molecule is CCC(NC(=O)c1noc(C)c1Cn1ccc([N+](=O)[O-])n1)c1ccccc1. The number of benzene rings is 1. The number of nitrogens with zero attached hydrogens (tertiary/aromatic N) is 4. The van der Waals surface area contributed by atoms with Gasteiger partial charge in [0.1, 0.15) is 5.76 Å². The molecule has 0 aliphatic heterocycles. The number of rotatable bonds is 7. The second kappa shape index (κ2) is 7.81. The van der Waals surface area contributed by atoms with Gasteiger partial charge in [-0.15, -0.1) is 0 Å². The lowest BCUT2D eigenvalue weighted by Crippen LogP contribution is -2.29. The maximum atomic E-state index is 12.8. The van der Waals surface area contributed by atoms with E-state index in [1.165, 1.54) is 16.9 Å². The maximum Gasteiger partial charge on any atom is 0.389 e. The quantitative estimate of drug-likeness (QED) is 0.505. The minimum Gasteiger partial charge on any atom is -0.361 e. The molecule has 27 heavy (non-hydrogen) atoms. The molecule has 9 nitrogen and oxygen atoms in total. The summed E-state index contributed by atoms with van der Waals surface area (Å²) in [5, 5.41) is 21.5. The van der Waals surface area contributed by atoms with Crippen molar-refractivity contribution in [3.05, 3.63) is 75.3 Å². The number of carbonyl (C=O) groups excluding carboxylic acids is 1. The molecule has 0 radical (unpaired) electrons. The van der Waals surface area contributed by atoms with Crippen LogP contribution in [0.3, 0.4) is 0 Å². The van der Waals surface area contributed by atoms with E-state index in [0.717, 1.165) is 5.56 Å². The van der Waals surface area contributed by atoms with Crippen molar-refractivity contribution in [2.45, 2.75) is 32.9 Å². The number of aromatic nitrogens is 3. The lowest BCUT2D eigenvalue weighted by Gasteiger charge is -2.16. The second-order valence-corrected chi connectivity index (χ2v) is 6.04. The highest BCUT2D eigenvalue weighted by Gasteiger charge is 2.24. The third-order valence-electron chi connectivity index (χ3n) is 4.25. The molecule has 0 saturated carbocycles. The zero-order chi connectivity index (χ0) is 19.4. The summed E-state index contributed by atoms with van der Waals surface area (Å²) in [6, 6.07) is 10.8. The summed E-state index contributed by atoms with van der Waals surface area (Å²) in [5.41, 5.74) is 1.69. The van der Waals surface area contributed by atoms with Gasteiger partial charge in [-0.25, -0.2) is 0 Å². The molecule has 0 saturated heterocycles. The summed E-state index contributed by atoms with van der Waals surface area (Å²) in [5.74, 6) is -0.157. The molecule has 2 heterocycles. The van der Waals surface area contributed by atoms with Crippen LogP contribution in [-0.4, -0.2) is 25.8 Å². The molecular weight excluding hydrogens is 350 g/mol. The van der Waals surface area contributed by atoms with E-state index in [4.69, 9.17) is 4.52 Å². The predicted octanol–water partition coefficient (Wildman–Crippen LogP) is 3.02. The van der Waals surface area contributed by atoms with E-state index in [9.17, 15) is 14.9 Å². The lowest BCUT2D eigenvalue weighted by atomic mass is 10.0. The second-order valence-electron chi connectivity index (χ2n) is 6.04. The summed E-state index contributed by atoms with van der Waals surface area (Å²) in [7, 11) is 0. The Kier molecular flexibility index (Phi) is 5.30. The van der Waals surface area contributed by atoms with Crippen LogP contribution in [0.2, 0.25) is 0 Å². The minimum atomic E-state index is -0.573. The largest absolute Gasteiger partial charge is 0.389 e. The lowest BCUT2D eigenvalue weighted by molar-refractivity contribution is -0.389. The average molecular weight is 369 g/mol. The Morgan fingerprint density at radius 1 is 1.33 bits per heavy atom. The van der Waals surface area contributed by atoms with Crippen LogP contribution in [0.4, 0.5) is 5.82 Å². The van der Waals surface area contributed by atoms with Gasteiger partial charge in [0, 0.05) is 0 Å². The van der Waals surface area contributed by atoms with Crippen LogP contribution in [0.25, 0.3) is 0 Å². The number of nitrogens with one attached hydrogen (secondary N) is 1. The first kappa shape index (κ1) is 18.3. The fourth-order valence-corrected chi connectivity index (χ4v) is 2.79. The molecular formula is C18H19N5O4. The molecule has 1 N–H and O–H groups in total. The van der Waals surface area contributed by atoms with Crippen LogP contribution < -0.4 is 5.32 Å². The number of carbonyl (C=O) groups is 1. The van der Waals surface area contributed by atoms with E-state index >= 15 is 0 Å². The van der Waals surface area contributed by atoms with E-state index < -0.39 is 4.92 Å². The summed E-state index contributed by atoms with van der Waals surface area (Å²) in [6.07, 6.45) is 2.19. The van der Waals surface area contributed by atoms with Gasteiger partial charge in [-0.05, 0) is 23.8 Å². The fourth-order valence-electron chi connectivity index (χ4n) is 2.79. The highest BCUT2D eigenvalue weighted by molar-refractivity contribution is 5.94. The maximum absolute atomic E-state index is 12.8. The van der Waals surface area contributed by atoms with E-state index in [1.54, 1.807) is 6.92 Å². The summed E-state index contributed by atoms with van der Waals surface area (Å²) in [4.78, 5) is 23.0. The zero-order valence-electron chi connectivity index (χ0n) is 15.0. The van der Waals surface area contributed by atoms with Crippen LogP contribution in [-0.2, 0) is 6.54 Å². The van der Waals surface area contributed by atoms with Gasteiger partial charge in [-0.3, -0.25) is 4.79 Å². The van der Waals surface area contributed by atoms with Gasteiger partial charge in [0.2, 0.25) is 0 Å². The van der Waals surface area contributed by atoms with Gasteiger partial charge in [-0.2, -0.15) is 4.68 Å². The van der Waals surface area contributed by atoms with Gasteiger partial charge >= 0.3 is 5.82 Å². The molecule has 9 heteroatoms. The molecule has 0 aliphatic rings. The predicted molar refractivity (Wildman–Crippen MR) is 96.2 cm³/mol. The van der Waals surface area contributed by atoms with Crippen LogP contribution in [0.15, 0.2) is 47.1 Å². The Labute approximate surface area is 155 Å². The van der Waals surface area contributed by atoms with E-state index in [-0.39, 0.29) is 30.0 Å². The standard InChI is InChI=1S/C18H19N5O4/c1-3-15(13-7-5-4-6-8-13)19-18(24)17-14(12(2)27-21-17)11-22-10-9-16(20-22)23(25)26/h4-10,15H,3,11H2,1-2H3,(H,19,24). The van der Waals surface area contributed by atoms with Gasteiger partial charge in [-0.1, -0.05) is 42.4 Å². The Bertz CT molecular complexity index is 948. The highest BCUT2D eigenvalue weighted by Crippen LogP contribution is 2.20. The molecule has 1 aromatic carbocycles. The third kappa shape index (κ3) is 4.02. The first-order valence-electron chi connectivity index (χ1n) is 8.48. The molecule has 1 unspecified atom stereocenters. The zero-order valence-corrected chi connectivity index (χ0v) is 15.0. The molecule has 0 spiro atoms. The van der Waals surface area contributed by atoms with Crippen molar-refractivity contribution >= 4 is 11.7 Å². The Morgan fingerprint density at radius 2 is 2.07 bits per heavy atom. The molecule has 1 atom stereocenters. The number of aryl methyl sites for hydroxylation is 1. The van der Waals surface area contributed by atoms with Gasteiger partial charge in [0.15, 0.2) is 5.69 Å². The van der Waals surface area contributed by atoms with Crippen LogP contribution in [0.1, 0.15) is 46.8 Å². The topological polar surface area (TPSA) is 116 Å². The summed E-state index contributed by atoms with van der Waals surface area (Å²) in [6.45, 7) is 3.81. The van der Waals surface area contributed by atoms with Crippen molar-refractivity contribution in [1.82, 2.24) is 20.3 Å². The summed E-state index contributed by atoms with van der Waals surface area (Å²) >= 11 is 0. The Hall–Kier alpha value is -3.49. The van der Waals surface area contributed by atoms with E-state index in [2.05, 4.69) is 15.6 Å². The summed E-state index contributed by atoms with van der Waals surface area (Å²) < 4.78 is 6.56. The average Bonchev–Trinajstić information content (AvgIpc) is 3.28. The van der Waals surface area contributed by atoms with Crippen LogP contribution in [0.5, 0.6) is 0 Å². The molecule has 1 amide bonds. The highest BCUT2D eigenvalue weighted by atomic mass is 16.6. The van der Waals surface area contributed by atoms with Crippen molar-refractivity contribution in [3.8, 4) is 0 Å². The third-order valence-corrected chi connectivity index (χ3v) is 4.25. The van der Waals surface area contributed by atoms with Gasteiger partial charge < -0.3 is 20.0 Å². The van der Waals surface area contributed by atoms with Gasteiger partial charge in [0.05, 0.1) is 35.5 Å². The van der Waals surface area contributed by atoms with Crippen LogP contribution in [0, 0.1) is 17.0 Å². The normalized spacial score (nSPS) is 11.9. The number of hydrogen-bond acceptors (Lipinski definition) is 6. The first-order valence-corrected chi connectivity index (χ1v) is 8.48. The fraction of sp³-hybridized carbons (Fsp3) is 0.278. The van der Waals surface area contributed by atoms with Crippen molar-refractivity contribution in [3.63, 3.8) is 0 Å². The minimum absolute atomic E-state index is 0.147. The number of amides is 1. The molecule has 140 valence electrons. The molecule has 3 aromatic rings. The first-order chi connectivity index (χ1) is 13.0. The Morgan fingerprint density at radius 3 is 2.70 bits per heavy atom. The van der Waals surface area contributed by atoms with Crippen molar-refractivity contribution in [1.29, 1.82) is 0 Å². The van der Waals surface area contributed by atoms with Crippen molar-refractivity contribution in [2.24, 2.45) is 0 Å². The van der Waals surface area contributed by atoms with Crippen molar-refractivity contribution < 1.29 is 14.2 Å². The monoisotopic (exact) mass is 369 g/mol. The van der Waals surface area contributed by atoms with Gasteiger partial charge in [0.25, 0.3) is 5.91 Å². The Balaban J connectivity index is 1.80. The van der Waals surface area contributed by atoms with Crippen molar-refractivity contribution in [2.75, 3.05) is 0 Å². The van der Waals surface area contributed by atoms with E-state index in [1.807, 2.05) is 37.3 Å². The molecule has 2 aromatic heterocycles. The molecule has 0 bridgehead atoms. The molecule has 0 fully saturated rings. The number of hydrogen-bond donors (Lipinski definition) is 1. The molecule has 0 aliphatic carbocycles. The van der Waals surface area contributed by atoms with Crippen LogP contribution >= 0.6 is 0 Å². The number of nitro groups is 1. The smallest absolute Gasteiger partial charge is 0.361 e. The molecule has 3 rings (SSSR count). The van der Waals surface area contributed by atoms with E-state index in [0.29, 0.717) is 17.7 Å².